The highest BCUT2D eigenvalue weighted by atomic mass is 16.2. The summed E-state index contributed by atoms with van der Waals surface area (Å²) in [5.41, 5.74) is -0.231. The van der Waals surface area contributed by atoms with Crippen molar-refractivity contribution in [2.75, 3.05) is 19.6 Å². The summed E-state index contributed by atoms with van der Waals surface area (Å²) in [5, 5.41) is 3.44. The Hall–Kier alpha value is -0.570. The van der Waals surface area contributed by atoms with E-state index in [-0.39, 0.29) is 5.41 Å². The number of hydrogen-bond acceptors (Lipinski definition) is 2. The molecule has 1 aliphatic carbocycles. The number of rotatable bonds is 3. The number of carbonyl (C=O) groups is 1. The molecule has 0 bridgehead atoms. The fraction of sp³-hybridized carbons (Fsp3) is 0.929. The summed E-state index contributed by atoms with van der Waals surface area (Å²) >= 11 is 0. The maximum Gasteiger partial charge on any atom is 0.228 e. The van der Waals surface area contributed by atoms with Crippen molar-refractivity contribution in [3.8, 4) is 0 Å². The van der Waals surface area contributed by atoms with E-state index in [1.54, 1.807) is 0 Å². The van der Waals surface area contributed by atoms with E-state index in [1.165, 1.54) is 25.7 Å². The van der Waals surface area contributed by atoms with E-state index in [1.807, 2.05) is 20.8 Å². The molecular weight excluding hydrogens is 212 g/mol. The summed E-state index contributed by atoms with van der Waals surface area (Å²) in [6.07, 6.45) is 4.95. The van der Waals surface area contributed by atoms with E-state index >= 15 is 0 Å². The zero-order chi connectivity index (χ0) is 12.5. The van der Waals surface area contributed by atoms with Crippen LogP contribution in [0.25, 0.3) is 0 Å². The lowest BCUT2D eigenvalue weighted by molar-refractivity contribution is -0.140. The molecule has 1 unspecified atom stereocenters. The van der Waals surface area contributed by atoms with Gasteiger partial charge in [0, 0.05) is 18.0 Å². The second-order valence-electron chi connectivity index (χ2n) is 6.65. The molecule has 0 aromatic rings. The van der Waals surface area contributed by atoms with Crippen LogP contribution in [0.2, 0.25) is 0 Å². The van der Waals surface area contributed by atoms with Gasteiger partial charge in [0.2, 0.25) is 5.91 Å². The van der Waals surface area contributed by atoms with Gasteiger partial charge in [-0.05, 0) is 44.7 Å². The number of piperidine rings is 1. The van der Waals surface area contributed by atoms with Crippen LogP contribution in [0.1, 0.15) is 46.5 Å². The molecule has 17 heavy (non-hydrogen) atoms. The van der Waals surface area contributed by atoms with Crippen molar-refractivity contribution in [2.24, 2.45) is 11.3 Å². The molecular formula is C14H26N2O. The van der Waals surface area contributed by atoms with Crippen LogP contribution in [0.5, 0.6) is 0 Å². The molecule has 0 aromatic carbocycles. The highest BCUT2D eigenvalue weighted by molar-refractivity contribution is 5.82. The lowest BCUT2D eigenvalue weighted by atomic mass is 9.92. The van der Waals surface area contributed by atoms with Gasteiger partial charge in [0.05, 0.1) is 0 Å². The Kier molecular flexibility index (Phi) is 3.76. The zero-order valence-corrected chi connectivity index (χ0v) is 11.5. The van der Waals surface area contributed by atoms with E-state index in [9.17, 15) is 4.79 Å². The maximum atomic E-state index is 12.4. The van der Waals surface area contributed by atoms with Crippen molar-refractivity contribution in [1.29, 1.82) is 0 Å². The Bertz CT molecular complexity index is 272. The minimum absolute atomic E-state index is 0.231. The molecule has 1 saturated carbocycles. The van der Waals surface area contributed by atoms with Gasteiger partial charge in [-0.1, -0.05) is 20.8 Å². The van der Waals surface area contributed by atoms with Crippen molar-refractivity contribution in [2.45, 2.75) is 52.5 Å². The predicted molar refractivity (Wildman–Crippen MR) is 69.8 cm³/mol. The molecule has 2 aliphatic rings. The molecule has 1 N–H and O–H groups in total. The molecule has 1 amide bonds. The summed E-state index contributed by atoms with van der Waals surface area (Å²) in [6, 6.07) is 0.545. The summed E-state index contributed by atoms with van der Waals surface area (Å²) in [7, 11) is 0. The molecule has 2 rings (SSSR count). The predicted octanol–water partition coefficient (Wildman–Crippen LogP) is 2.02. The summed E-state index contributed by atoms with van der Waals surface area (Å²) in [6.45, 7) is 9.29. The molecule has 0 aromatic heterocycles. The van der Waals surface area contributed by atoms with Crippen molar-refractivity contribution in [1.82, 2.24) is 10.2 Å². The van der Waals surface area contributed by atoms with E-state index < -0.39 is 0 Å². The van der Waals surface area contributed by atoms with Gasteiger partial charge in [0.1, 0.15) is 0 Å². The Balaban J connectivity index is 1.95. The van der Waals surface area contributed by atoms with Gasteiger partial charge in [0.25, 0.3) is 0 Å². The maximum absolute atomic E-state index is 12.4. The van der Waals surface area contributed by atoms with E-state index in [2.05, 4.69) is 10.2 Å². The Morgan fingerprint density at radius 3 is 2.47 bits per heavy atom. The van der Waals surface area contributed by atoms with Gasteiger partial charge in [-0.2, -0.15) is 0 Å². The fourth-order valence-corrected chi connectivity index (χ4v) is 2.57. The number of hydrogen-bond donors (Lipinski definition) is 1. The molecule has 0 spiro atoms. The molecule has 3 heteroatoms. The van der Waals surface area contributed by atoms with Crippen LogP contribution < -0.4 is 5.32 Å². The topological polar surface area (TPSA) is 32.3 Å². The third-order valence-corrected chi connectivity index (χ3v) is 3.74. The molecule has 2 fully saturated rings. The minimum atomic E-state index is -0.231. The average Bonchev–Trinajstić information content (AvgIpc) is 3.09. The first kappa shape index (κ1) is 12.9. The molecule has 1 heterocycles. The molecule has 1 aliphatic heterocycles. The van der Waals surface area contributed by atoms with Crippen LogP contribution in [-0.2, 0) is 4.79 Å². The number of amides is 1. The number of nitrogens with one attached hydrogen (secondary N) is 1. The number of nitrogens with zero attached hydrogens (tertiary/aromatic N) is 1. The highest BCUT2D eigenvalue weighted by Crippen LogP contribution is 2.32. The third kappa shape index (κ3) is 3.44. The van der Waals surface area contributed by atoms with Gasteiger partial charge in [-0.25, -0.2) is 0 Å². The summed E-state index contributed by atoms with van der Waals surface area (Å²) in [4.78, 5) is 14.6. The smallest absolute Gasteiger partial charge is 0.228 e. The largest absolute Gasteiger partial charge is 0.339 e. The monoisotopic (exact) mass is 238 g/mol. The molecule has 3 nitrogen and oxygen atoms in total. The highest BCUT2D eigenvalue weighted by Gasteiger charge is 2.38. The van der Waals surface area contributed by atoms with E-state index in [0.29, 0.717) is 17.9 Å². The second-order valence-corrected chi connectivity index (χ2v) is 6.65. The van der Waals surface area contributed by atoms with E-state index in [4.69, 9.17) is 0 Å². The lowest BCUT2D eigenvalue weighted by Crippen LogP contribution is -2.46. The average molecular weight is 238 g/mol. The minimum Gasteiger partial charge on any atom is -0.339 e. The van der Waals surface area contributed by atoms with Crippen LogP contribution in [0.15, 0.2) is 0 Å². The fourth-order valence-electron chi connectivity index (χ4n) is 2.57. The molecule has 1 saturated heterocycles. The lowest BCUT2D eigenvalue weighted by Gasteiger charge is -2.34. The Morgan fingerprint density at radius 1 is 1.29 bits per heavy atom. The first-order valence-corrected chi connectivity index (χ1v) is 7.00. The van der Waals surface area contributed by atoms with Crippen LogP contribution in [0, 0.1) is 11.3 Å². The molecule has 98 valence electrons. The van der Waals surface area contributed by atoms with Crippen molar-refractivity contribution < 1.29 is 4.79 Å². The first-order chi connectivity index (χ1) is 7.98. The third-order valence-electron chi connectivity index (χ3n) is 3.74. The van der Waals surface area contributed by atoms with Crippen molar-refractivity contribution >= 4 is 5.91 Å². The quantitative estimate of drug-likeness (QED) is 0.816. The standard InChI is InChI=1S/C14H26N2O/c1-14(2,3)13(17)16(12-6-7-12)10-11-5-4-8-15-9-11/h11-12,15H,4-10H2,1-3H3. The first-order valence-electron chi connectivity index (χ1n) is 7.00. The van der Waals surface area contributed by atoms with Crippen LogP contribution in [0.4, 0.5) is 0 Å². The van der Waals surface area contributed by atoms with Crippen molar-refractivity contribution in [3.05, 3.63) is 0 Å². The molecule has 0 radical (unpaired) electrons. The van der Waals surface area contributed by atoms with Gasteiger partial charge >= 0.3 is 0 Å². The van der Waals surface area contributed by atoms with Gasteiger partial charge in [0.15, 0.2) is 0 Å². The zero-order valence-electron chi connectivity index (χ0n) is 11.5. The normalized spacial score (nSPS) is 25.7. The van der Waals surface area contributed by atoms with Crippen molar-refractivity contribution in [3.63, 3.8) is 0 Å². The number of carbonyl (C=O) groups excluding carboxylic acids is 1. The van der Waals surface area contributed by atoms with Crippen LogP contribution in [0.3, 0.4) is 0 Å². The second kappa shape index (κ2) is 4.97. The van der Waals surface area contributed by atoms with E-state index in [0.717, 1.165) is 19.6 Å². The van der Waals surface area contributed by atoms with Crippen LogP contribution >= 0.6 is 0 Å². The van der Waals surface area contributed by atoms with Gasteiger partial charge in [-0.3, -0.25) is 4.79 Å². The Morgan fingerprint density at radius 2 is 2.00 bits per heavy atom. The summed E-state index contributed by atoms with van der Waals surface area (Å²) in [5.74, 6) is 1.00. The van der Waals surface area contributed by atoms with Crippen LogP contribution in [-0.4, -0.2) is 36.5 Å². The van der Waals surface area contributed by atoms with Gasteiger partial charge in [-0.15, -0.1) is 0 Å². The van der Waals surface area contributed by atoms with Gasteiger partial charge < -0.3 is 10.2 Å². The summed E-state index contributed by atoms with van der Waals surface area (Å²) < 4.78 is 0. The molecule has 1 atom stereocenters. The SMILES string of the molecule is CC(C)(C)C(=O)N(CC1CCCNC1)C1CC1. The Labute approximate surface area is 105 Å².